The number of hydrogen-bond acceptors (Lipinski definition) is 6. The smallest absolute Gasteiger partial charge is 0.259 e. The van der Waals surface area contributed by atoms with Crippen LogP contribution >= 0.6 is 23.1 Å². The summed E-state index contributed by atoms with van der Waals surface area (Å²) >= 11 is 3.24. The first-order valence-electron chi connectivity index (χ1n) is 10.3. The van der Waals surface area contributed by atoms with Gasteiger partial charge in [-0.15, -0.1) is 11.3 Å². The van der Waals surface area contributed by atoms with E-state index in [0.29, 0.717) is 41.8 Å². The highest BCUT2D eigenvalue weighted by atomic mass is 32.2. The molecule has 0 aliphatic heterocycles. The monoisotopic (exact) mass is 443 g/mol. The number of aromatic amines is 1. The van der Waals surface area contributed by atoms with Crippen molar-refractivity contribution >= 4 is 44.9 Å². The van der Waals surface area contributed by atoms with Gasteiger partial charge in [-0.05, 0) is 43.4 Å². The number of amides is 1. The average Bonchev–Trinajstić information content (AvgIpc) is 3.31. The van der Waals surface area contributed by atoms with Crippen LogP contribution in [0.3, 0.4) is 0 Å². The van der Waals surface area contributed by atoms with E-state index in [-0.39, 0.29) is 11.5 Å². The Balaban J connectivity index is 1.29. The number of carbonyl (C=O) groups is 1. The first-order chi connectivity index (χ1) is 14.7. The van der Waals surface area contributed by atoms with E-state index < -0.39 is 0 Å². The number of H-pyrrole nitrogens is 1. The molecule has 1 amide bonds. The second-order valence-electron chi connectivity index (χ2n) is 7.25. The SMILES string of the molecule is CCCOc1ccccc1NC(=O)CCSCc1nc2sc3c(c2c(=O)[nH]1)CCC3. The number of rotatable bonds is 9. The predicted octanol–water partition coefficient (Wildman–Crippen LogP) is 4.52. The zero-order chi connectivity index (χ0) is 20.9. The molecular weight excluding hydrogens is 418 g/mol. The third-order valence-electron chi connectivity index (χ3n) is 4.96. The zero-order valence-corrected chi connectivity index (χ0v) is 18.6. The Labute approximate surface area is 183 Å². The van der Waals surface area contributed by atoms with E-state index in [1.165, 1.54) is 10.4 Å². The van der Waals surface area contributed by atoms with Crippen molar-refractivity contribution in [1.82, 2.24) is 9.97 Å². The maximum absolute atomic E-state index is 12.5. The predicted molar refractivity (Wildman–Crippen MR) is 124 cm³/mol. The standard InChI is InChI=1S/C22H25N3O3S2/c1-2-11-28-16-8-4-3-7-15(16)23-19(26)10-12-29-13-18-24-21(27)20-14-6-5-9-17(14)30-22(20)25-18/h3-4,7-8H,2,5-6,9-13H2,1H3,(H,23,26)(H,24,25,27). The molecule has 4 rings (SSSR count). The van der Waals surface area contributed by atoms with E-state index in [4.69, 9.17) is 4.74 Å². The topological polar surface area (TPSA) is 84.1 Å². The molecule has 0 spiro atoms. The van der Waals surface area contributed by atoms with Gasteiger partial charge in [0.25, 0.3) is 5.56 Å². The Morgan fingerprint density at radius 3 is 3.07 bits per heavy atom. The molecule has 0 fully saturated rings. The summed E-state index contributed by atoms with van der Waals surface area (Å²) < 4.78 is 5.68. The van der Waals surface area contributed by atoms with Crippen molar-refractivity contribution in [2.75, 3.05) is 17.7 Å². The van der Waals surface area contributed by atoms with E-state index in [1.807, 2.05) is 31.2 Å². The van der Waals surface area contributed by atoms with E-state index >= 15 is 0 Å². The summed E-state index contributed by atoms with van der Waals surface area (Å²) in [6.45, 7) is 2.66. The number of aromatic nitrogens is 2. The maximum atomic E-state index is 12.5. The molecule has 8 heteroatoms. The fourth-order valence-corrected chi connectivity index (χ4v) is 5.65. The molecular formula is C22H25N3O3S2. The quantitative estimate of drug-likeness (QED) is 0.475. The summed E-state index contributed by atoms with van der Waals surface area (Å²) in [5.74, 6) is 2.54. The highest BCUT2D eigenvalue weighted by Crippen LogP contribution is 2.34. The molecule has 1 aliphatic carbocycles. The number of nitrogens with one attached hydrogen (secondary N) is 2. The first kappa shape index (κ1) is 20.9. The van der Waals surface area contributed by atoms with Gasteiger partial charge in [-0.3, -0.25) is 9.59 Å². The van der Waals surface area contributed by atoms with Crippen LogP contribution in [-0.4, -0.2) is 28.2 Å². The Kier molecular flexibility index (Phi) is 6.74. The summed E-state index contributed by atoms with van der Waals surface area (Å²) in [7, 11) is 0. The van der Waals surface area contributed by atoms with Gasteiger partial charge in [0.1, 0.15) is 16.4 Å². The van der Waals surface area contributed by atoms with Crippen LogP contribution in [0.5, 0.6) is 5.75 Å². The lowest BCUT2D eigenvalue weighted by Gasteiger charge is -2.11. The Hall–Kier alpha value is -2.32. The third kappa shape index (κ3) is 4.70. The molecule has 6 nitrogen and oxygen atoms in total. The number of anilines is 1. The van der Waals surface area contributed by atoms with Crippen LogP contribution in [0.4, 0.5) is 5.69 Å². The molecule has 0 unspecified atom stereocenters. The second-order valence-corrected chi connectivity index (χ2v) is 9.43. The molecule has 3 aromatic rings. The van der Waals surface area contributed by atoms with Crippen LogP contribution in [0.1, 0.15) is 42.5 Å². The van der Waals surface area contributed by atoms with Crippen LogP contribution < -0.4 is 15.6 Å². The van der Waals surface area contributed by atoms with Crippen molar-refractivity contribution in [2.24, 2.45) is 0 Å². The van der Waals surface area contributed by atoms with Crippen LogP contribution in [-0.2, 0) is 23.4 Å². The van der Waals surface area contributed by atoms with Crippen molar-refractivity contribution in [3.05, 3.63) is 50.9 Å². The number of hydrogen-bond donors (Lipinski definition) is 2. The highest BCUT2D eigenvalue weighted by Gasteiger charge is 2.21. The number of benzene rings is 1. The van der Waals surface area contributed by atoms with Gasteiger partial charge < -0.3 is 15.0 Å². The number of fused-ring (bicyclic) bond motifs is 3. The summed E-state index contributed by atoms with van der Waals surface area (Å²) in [6, 6.07) is 7.47. The molecule has 1 aliphatic rings. The lowest BCUT2D eigenvalue weighted by molar-refractivity contribution is -0.115. The van der Waals surface area contributed by atoms with E-state index in [2.05, 4.69) is 15.3 Å². The number of aryl methyl sites for hydroxylation is 2. The normalized spacial score (nSPS) is 12.8. The molecule has 0 radical (unpaired) electrons. The van der Waals surface area contributed by atoms with Gasteiger partial charge in [-0.1, -0.05) is 19.1 Å². The van der Waals surface area contributed by atoms with Gasteiger partial charge in [-0.2, -0.15) is 11.8 Å². The van der Waals surface area contributed by atoms with E-state index in [9.17, 15) is 9.59 Å². The summed E-state index contributed by atoms with van der Waals surface area (Å²) in [6.07, 6.45) is 4.46. The van der Waals surface area contributed by atoms with E-state index in [0.717, 1.165) is 35.9 Å². The Bertz CT molecular complexity index is 1110. The lowest BCUT2D eigenvalue weighted by Crippen LogP contribution is -2.14. The van der Waals surface area contributed by atoms with E-state index in [1.54, 1.807) is 23.1 Å². The van der Waals surface area contributed by atoms with Gasteiger partial charge in [0.05, 0.1) is 23.4 Å². The number of nitrogens with zero attached hydrogens (tertiary/aromatic N) is 1. The first-order valence-corrected chi connectivity index (χ1v) is 12.3. The van der Waals surface area contributed by atoms with Gasteiger partial charge in [0, 0.05) is 17.1 Å². The Morgan fingerprint density at radius 1 is 1.33 bits per heavy atom. The summed E-state index contributed by atoms with van der Waals surface area (Å²) in [5, 5.41) is 3.71. The molecule has 158 valence electrons. The van der Waals surface area contributed by atoms with Crippen molar-refractivity contribution in [3.63, 3.8) is 0 Å². The molecule has 2 N–H and O–H groups in total. The molecule has 2 heterocycles. The van der Waals surface area contributed by atoms with Crippen molar-refractivity contribution in [3.8, 4) is 5.75 Å². The molecule has 1 aromatic carbocycles. The highest BCUT2D eigenvalue weighted by molar-refractivity contribution is 7.98. The molecule has 0 atom stereocenters. The van der Waals surface area contributed by atoms with Crippen LogP contribution in [0.25, 0.3) is 10.2 Å². The minimum atomic E-state index is -0.0540. The minimum Gasteiger partial charge on any atom is -0.491 e. The minimum absolute atomic E-state index is 0.0311. The third-order valence-corrected chi connectivity index (χ3v) is 7.12. The lowest BCUT2D eigenvalue weighted by atomic mass is 10.2. The molecule has 0 saturated carbocycles. The molecule has 0 saturated heterocycles. The number of thiophene rings is 1. The zero-order valence-electron chi connectivity index (χ0n) is 17.0. The number of carbonyl (C=O) groups excluding carboxylic acids is 1. The van der Waals surface area contributed by atoms with Gasteiger partial charge in [0.15, 0.2) is 0 Å². The van der Waals surface area contributed by atoms with Crippen LogP contribution in [0.2, 0.25) is 0 Å². The molecule has 2 aromatic heterocycles. The fourth-order valence-electron chi connectivity index (χ4n) is 3.57. The van der Waals surface area contributed by atoms with Crippen molar-refractivity contribution in [1.29, 1.82) is 0 Å². The summed E-state index contributed by atoms with van der Waals surface area (Å²) in [5.41, 5.74) is 1.86. The second kappa shape index (κ2) is 9.66. The number of para-hydroxylation sites is 2. The number of thioether (sulfide) groups is 1. The fraction of sp³-hybridized carbons (Fsp3) is 0.409. The summed E-state index contributed by atoms with van der Waals surface area (Å²) in [4.78, 5) is 34.5. The van der Waals surface area contributed by atoms with Crippen LogP contribution in [0.15, 0.2) is 29.1 Å². The largest absolute Gasteiger partial charge is 0.491 e. The van der Waals surface area contributed by atoms with Crippen LogP contribution in [0, 0.1) is 0 Å². The maximum Gasteiger partial charge on any atom is 0.259 e. The Morgan fingerprint density at radius 2 is 2.20 bits per heavy atom. The molecule has 30 heavy (non-hydrogen) atoms. The average molecular weight is 444 g/mol. The van der Waals surface area contributed by atoms with Gasteiger partial charge >= 0.3 is 0 Å². The van der Waals surface area contributed by atoms with Crippen molar-refractivity contribution < 1.29 is 9.53 Å². The molecule has 0 bridgehead atoms. The number of ether oxygens (including phenoxy) is 1. The van der Waals surface area contributed by atoms with Gasteiger partial charge in [-0.25, -0.2) is 4.98 Å². The van der Waals surface area contributed by atoms with Crippen molar-refractivity contribution in [2.45, 2.75) is 44.8 Å². The van der Waals surface area contributed by atoms with Gasteiger partial charge in [0.2, 0.25) is 5.91 Å².